The Hall–Kier alpha value is -1.44. The molecule has 1 N–H and O–H groups in total. The molecule has 30 heavy (non-hydrogen) atoms. The maximum absolute atomic E-state index is 13.0. The molecule has 2 saturated heterocycles. The van der Waals surface area contributed by atoms with E-state index in [1.807, 2.05) is 26.0 Å². The smallest absolute Gasteiger partial charge is 0.243 e. The molecule has 3 rings (SSSR count). The molecular weight excluding hydrogens is 398 g/mol. The lowest BCUT2D eigenvalue weighted by molar-refractivity contribution is -0.126. The molecule has 0 aromatic heterocycles. The summed E-state index contributed by atoms with van der Waals surface area (Å²) in [6.07, 6.45) is 7.40. The van der Waals surface area contributed by atoms with Gasteiger partial charge in [0.15, 0.2) is 0 Å². The molecule has 1 aromatic carbocycles. The number of amides is 1. The van der Waals surface area contributed by atoms with Crippen molar-refractivity contribution in [2.75, 3.05) is 39.3 Å². The summed E-state index contributed by atoms with van der Waals surface area (Å²) < 4.78 is 27.5. The number of benzene rings is 1. The van der Waals surface area contributed by atoms with Crippen molar-refractivity contribution in [2.45, 2.75) is 63.7 Å². The molecule has 2 heterocycles. The van der Waals surface area contributed by atoms with Gasteiger partial charge in [0.2, 0.25) is 15.9 Å². The van der Waals surface area contributed by atoms with Gasteiger partial charge >= 0.3 is 0 Å². The molecule has 1 aromatic rings. The Kier molecular flexibility index (Phi) is 8.31. The van der Waals surface area contributed by atoms with Crippen molar-refractivity contribution in [3.05, 3.63) is 29.3 Å². The fourth-order valence-electron chi connectivity index (χ4n) is 4.60. The Morgan fingerprint density at radius 2 is 1.70 bits per heavy atom. The molecule has 0 radical (unpaired) electrons. The van der Waals surface area contributed by atoms with Crippen LogP contribution in [-0.2, 0) is 14.8 Å². The molecule has 0 bridgehead atoms. The molecule has 168 valence electrons. The van der Waals surface area contributed by atoms with Gasteiger partial charge in [-0.05, 0) is 77.2 Å². The Morgan fingerprint density at radius 1 is 1.03 bits per heavy atom. The second-order valence-electron chi connectivity index (χ2n) is 8.85. The van der Waals surface area contributed by atoms with Crippen molar-refractivity contribution in [3.8, 4) is 0 Å². The molecule has 2 fully saturated rings. The third-order valence-corrected chi connectivity index (χ3v) is 8.48. The Labute approximate surface area is 182 Å². The minimum Gasteiger partial charge on any atom is -0.356 e. The van der Waals surface area contributed by atoms with Gasteiger partial charge in [0.25, 0.3) is 0 Å². The van der Waals surface area contributed by atoms with Crippen molar-refractivity contribution >= 4 is 15.9 Å². The van der Waals surface area contributed by atoms with Gasteiger partial charge in [-0.25, -0.2) is 8.42 Å². The number of aryl methyl sites for hydroxylation is 2. The van der Waals surface area contributed by atoms with E-state index in [9.17, 15) is 13.2 Å². The summed E-state index contributed by atoms with van der Waals surface area (Å²) in [5.74, 6) is -0.0109. The molecule has 6 nitrogen and oxygen atoms in total. The van der Waals surface area contributed by atoms with E-state index in [-0.39, 0.29) is 11.8 Å². The standard InChI is InChI=1S/C23H37N3O3S/c1-19-8-9-22(20(2)18-19)30(28,29)26-16-10-21(11-17-26)23(27)24-12-7-15-25-13-5-3-4-6-14-25/h8-9,18,21H,3-7,10-17H2,1-2H3,(H,24,27). The first-order valence-corrected chi connectivity index (χ1v) is 12.9. The predicted molar refractivity (Wildman–Crippen MR) is 120 cm³/mol. The SMILES string of the molecule is Cc1ccc(S(=O)(=O)N2CCC(C(=O)NCCCN3CCCCCC3)CC2)c(C)c1. The Balaban J connectivity index is 1.42. The lowest BCUT2D eigenvalue weighted by Gasteiger charge is -2.31. The first-order chi connectivity index (χ1) is 14.4. The van der Waals surface area contributed by atoms with Gasteiger partial charge in [-0.15, -0.1) is 0 Å². The molecular formula is C23H37N3O3S. The van der Waals surface area contributed by atoms with Crippen LogP contribution < -0.4 is 5.32 Å². The van der Waals surface area contributed by atoms with E-state index in [0.29, 0.717) is 37.4 Å². The number of carbonyl (C=O) groups is 1. The molecule has 0 unspecified atom stereocenters. The highest BCUT2D eigenvalue weighted by molar-refractivity contribution is 7.89. The molecule has 0 atom stereocenters. The van der Waals surface area contributed by atoms with Crippen molar-refractivity contribution < 1.29 is 13.2 Å². The highest BCUT2D eigenvalue weighted by Crippen LogP contribution is 2.26. The van der Waals surface area contributed by atoms with Crippen LogP contribution in [0.2, 0.25) is 0 Å². The quantitative estimate of drug-likeness (QED) is 0.668. The zero-order valence-electron chi connectivity index (χ0n) is 18.5. The minimum absolute atomic E-state index is 0.0782. The van der Waals surface area contributed by atoms with Crippen LogP contribution in [0.15, 0.2) is 23.1 Å². The first kappa shape index (κ1) is 23.2. The van der Waals surface area contributed by atoms with Crippen LogP contribution in [0.25, 0.3) is 0 Å². The van der Waals surface area contributed by atoms with Crippen LogP contribution in [0.5, 0.6) is 0 Å². The van der Waals surface area contributed by atoms with Crippen molar-refractivity contribution in [2.24, 2.45) is 5.92 Å². The van der Waals surface area contributed by atoms with Gasteiger partial charge in [0.05, 0.1) is 4.90 Å². The van der Waals surface area contributed by atoms with Crippen LogP contribution in [0.4, 0.5) is 0 Å². The molecule has 0 aliphatic carbocycles. The maximum Gasteiger partial charge on any atom is 0.243 e. The van der Waals surface area contributed by atoms with Crippen LogP contribution in [-0.4, -0.2) is 62.8 Å². The molecule has 2 aliphatic heterocycles. The number of hydrogen-bond donors (Lipinski definition) is 1. The zero-order chi connectivity index (χ0) is 21.6. The molecule has 0 spiro atoms. The summed E-state index contributed by atoms with van der Waals surface area (Å²) in [6, 6.07) is 5.44. The van der Waals surface area contributed by atoms with Crippen molar-refractivity contribution in [3.63, 3.8) is 0 Å². The van der Waals surface area contributed by atoms with Crippen LogP contribution in [0.1, 0.15) is 56.1 Å². The summed E-state index contributed by atoms with van der Waals surface area (Å²) in [5.41, 5.74) is 1.83. The molecule has 2 aliphatic rings. The van der Waals surface area contributed by atoms with Crippen LogP contribution in [0, 0.1) is 19.8 Å². The van der Waals surface area contributed by atoms with Gasteiger partial charge in [0, 0.05) is 25.6 Å². The number of likely N-dealkylation sites (tertiary alicyclic amines) is 1. The predicted octanol–water partition coefficient (Wildman–Crippen LogP) is 3.09. The number of nitrogens with one attached hydrogen (secondary N) is 1. The normalized spacial score (nSPS) is 20.1. The van der Waals surface area contributed by atoms with Gasteiger partial charge < -0.3 is 10.2 Å². The summed E-state index contributed by atoms with van der Waals surface area (Å²) in [7, 11) is -3.50. The van der Waals surface area contributed by atoms with Crippen LogP contribution in [0.3, 0.4) is 0 Å². The molecule has 1 amide bonds. The summed E-state index contributed by atoms with van der Waals surface area (Å²) in [4.78, 5) is 15.4. The number of sulfonamides is 1. The topological polar surface area (TPSA) is 69.7 Å². The molecule has 0 saturated carbocycles. The van der Waals surface area contributed by atoms with E-state index in [4.69, 9.17) is 0 Å². The van der Waals surface area contributed by atoms with Gasteiger partial charge in [-0.3, -0.25) is 4.79 Å². The summed E-state index contributed by atoms with van der Waals surface area (Å²) in [5, 5.41) is 3.07. The van der Waals surface area contributed by atoms with E-state index < -0.39 is 10.0 Å². The minimum atomic E-state index is -3.50. The number of carbonyl (C=O) groups excluding carboxylic acids is 1. The van der Waals surface area contributed by atoms with E-state index >= 15 is 0 Å². The van der Waals surface area contributed by atoms with Gasteiger partial charge in [0.1, 0.15) is 0 Å². The Morgan fingerprint density at radius 3 is 2.33 bits per heavy atom. The zero-order valence-corrected chi connectivity index (χ0v) is 19.3. The fourth-order valence-corrected chi connectivity index (χ4v) is 6.28. The van der Waals surface area contributed by atoms with E-state index in [1.54, 1.807) is 6.07 Å². The lowest BCUT2D eigenvalue weighted by Crippen LogP contribution is -2.43. The maximum atomic E-state index is 13.0. The summed E-state index contributed by atoms with van der Waals surface area (Å²) in [6.45, 7) is 8.72. The third-order valence-electron chi connectivity index (χ3n) is 6.42. The second kappa shape index (κ2) is 10.7. The van der Waals surface area contributed by atoms with Crippen molar-refractivity contribution in [1.29, 1.82) is 0 Å². The number of nitrogens with zero attached hydrogens (tertiary/aromatic N) is 2. The largest absolute Gasteiger partial charge is 0.356 e. The first-order valence-electron chi connectivity index (χ1n) is 11.5. The highest BCUT2D eigenvalue weighted by Gasteiger charge is 2.32. The fraction of sp³-hybridized carbons (Fsp3) is 0.696. The van der Waals surface area contributed by atoms with Crippen molar-refractivity contribution in [1.82, 2.24) is 14.5 Å². The lowest BCUT2D eigenvalue weighted by atomic mass is 9.97. The summed E-state index contributed by atoms with van der Waals surface area (Å²) >= 11 is 0. The van der Waals surface area contributed by atoms with Gasteiger partial charge in [-0.2, -0.15) is 4.31 Å². The number of hydrogen-bond acceptors (Lipinski definition) is 4. The average molecular weight is 436 g/mol. The number of piperidine rings is 1. The van der Waals surface area contributed by atoms with E-state index in [0.717, 1.165) is 24.1 Å². The second-order valence-corrected chi connectivity index (χ2v) is 10.8. The highest BCUT2D eigenvalue weighted by atomic mass is 32.2. The third kappa shape index (κ3) is 6.05. The van der Waals surface area contributed by atoms with Gasteiger partial charge in [-0.1, -0.05) is 30.5 Å². The Bertz CT molecular complexity index is 809. The van der Waals surface area contributed by atoms with E-state index in [2.05, 4.69) is 10.2 Å². The van der Waals surface area contributed by atoms with E-state index in [1.165, 1.54) is 43.1 Å². The monoisotopic (exact) mass is 435 g/mol. The number of rotatable bonds is 7. The van der Waals surface area contributed by atoms with Crippen LogP contribution >= 0.6 is 0 Å². The molecule has 7 heteroatoms. The average Bonchev–Trinajstić information content (AvgIpc) is 3.00.